The molecule has 0 spiro atoms. The van der Waals surface area contributed by atoms with Crippen molar-refractivity contribution in [2.24, 2.45) is 0 Å². The fraction of sp³-hybridized carbons (Fsp3) is 0.917. The van der Waals surface area contributed by atoms with Crippen LogP contribution in [0, 0.1) is 0 Å². The molecule has 0 saturated carbocycles. The Morgan fingerprint density at radius 3 is 1.71 bits per heavy atom. The molecule has 8 atom stereocenters. The van der Waals surface area contributed by atoms with E-state index in [1.54, 1.807) is 0 Å². The highest BCUT2D eigenvalue weighted by molar-refractivity contribution is 6.74. The van der Waals surface area contributed by atoms with E-state index >= 15 is 0 Å². The van der Waals surface area contributed by atoms with Gasteiger partial charge in [-0.25, -0.2) is 0 Å². The van der Waals surface area contributed by atoms with E-state index in [0.717, 1.165) is 0 Å². The third-order valence-electron chi connectivity index (χ3n) is 8.02. The minimum Gasteiger partial charge on any atom is -0.493 e. The fourth-order valence-corrected chi connectivity index (χ4v) is 5.30. The summed E-state index contributed by atoms with van der Waals surface area (Å²) in [7, 11) is -4.24. The normalized spacial score (nSPS) is 35.1. The zero-order valence-electron chi connectivity index (χ0n) is 23.0. The van der Waals surface area contributed by atoms with Gasteiger partial charge >= 0.3 is 0 Å². The summed E-state index contributed by atoms with van der Waals surface area (Å²) in [6, 6.07) is 0. The summed E-state index contributed by atoms with van der Waals surface area (Å²) in [5.41, 5.74) is 0. The lowest BCUT2D eigenvalue weighted by molar-refractivity contribution is -0.323. The molecule has 1 fully saturated rings. The van der Waals surface area contributed by atoms with Crippen LogP contribution in [-0.4, -0.2) is 99.3 Å². The van der Waals surface area contributed by atoms with Crippen LogP contribution in [0.2, 0.25) is 36.3 Å². The number of hydrogen-bond acceptors (Lipinski definition) is 9. The first kappa shape index (κ1) is 30.9. The second-order valence-corrected chi connectivity index (χ2v) is 22.4. The molecule has 0 aromatic heterocycles. The van der Waals surface area contributed by atoms with Crippen molar-refractivity contribution in [1.82, 2.24) is 0 Å². The van der Waals surface area contributed by atoms with Crippen LogP contribution in [0.3, 0.4) is 0 Å². The molecule has 0 aromatic carbocycles. The minimum absolute atomic E-state index is 0.00718. The summed E-state index contributed by atoms with van der Waals surface area (Å²) in [6.45, 7) is 21.3. The maximum absolute atomic E-state index is 10.6. The number of aliphatic hydroxyl groups is 4. The largest absolute Gasteiger partial charge is 0.493 e. The van der Waals surface area contributed by atoms with Crippen molar-refractivity contribution in [2.45, 2.75) is 127 Å². The fourth-order valence-electron chi connectivity index (χ4n) is 3.27. The van der Waals surface area contributed by atoms with Crippen LogP contribution in [0.5, 0.6) is 0 Å². The topological polar surface area (TPSA) is 127 Å². The van der Waals surface area contributed by atoms with Gasteiger partial charge in [0.1, 0.15) is 42.7 Å². The van der Waals surface area contributed by atoms with Crippen LogP contribution in [0.1, 0.15) is 41.5 Å². The van der Waals surface area contributed by atoms with E-state index in [2.05, 4.69) is 67.7 Å². The van der Waals surface area contributed by atoms with Gasteiger partial charge in [-0.2, -0.15) is 0 Å². The first-order valence-electron chi connectivity index (χ1n) is 12.4. The molecule has 0 amide bonds. The molecule has 0 radical (unpaired) electrons. The molecule has 0 bridgehead atoms. The molecule has 206 valence electrons. The van der Waals surface area contributed by atoms with Gasteiger partial charge in [0.25, 0.3) is 0 Å². The Hall–Kier alpha value is -0.346. The van der Waals surface area contributed by atoms with Gasteiger partial charge in [-0.3, -0.25) is 0 Å². The van der Waals surface area contributed by atoms with Gasteiger partial charge in [0.15, 0.2) is 22.9 Å². The average molecular weight is 537 g/mol. The number of ether oxygens (including phenoxy) is 3. The Labute approximate surface area is 212 Å². The summed E-state index contributed by atoms with van der Waals surface area (Å²) in [4.78, 5) is 0. The lowest BCUT2D eigenvalue weighted by Crippen LogP contribution is -2.62. The van der Waals surface area contributed by atoms with E-state index in [1.807, 2.05) is 0 Å². The molecule has 35 heavy (non-hydrogen) atoms. The smallest absolute Gasteiger partial charge is 0.192 e. The molecule has 2 aliphatic rings. The molecule has 0 aromatic rings. The van der Waals surface area contributed by atoms with Crippen molar-refractivity contribution in [1.29, 1.82) is 0 Å². The highest BCUT2D eigenvalue weighted by atomic mass is 28.4. The van der Waals surface area contributed by atoms with Crippen molar-refractivity contribution in [3.8, 4) is 0 Å². The van der Waals surface area contributed by atoms with Gasteiger partial charge in [-0.15, -0.1) is 0 Å². The van der Waals surface area contributed by atoms with Crippen molar-refractivity contribution in [3.05, 3.63) is 12.3 Å². The van der Waals surface area contributed by atoms with Crippen LogP contribution in [-0.2, 0) is 23.1 Å². The molecule has 9 nitrogen and oxygen atoms in total. The summed E-state index contributed by atoms with van der Waals surface area (Å²) >= 11 is 0. The number of aliphatic hydroxyl groups excluding tert-OH is 4. The highest BCUT2D eigenvalue weighted by Gasteiger charge is 2.48. The molecule has 1 saturated heterocycles. The molecular weight excluding hydrogens is 488 g/mol. The quantitative estimate of drug-likeness (QED) is 0.346. The molecular formula is C24H48O9Si2. The lowest BCUT2D eigenvalue weighted by atomic mass is 9.99. The van der Waals surface area contributed by atoms with Crippen molar-refractivity contribution >= 4 is 16.6 Å². The van der Waals surface area contributed by atoms with Crippen LogP contribution in [0.25, 0.3) is 0 Å². The molecule has 2 aliphatic heterocycles. The van der Waals surface area contributed by atoms with E-state index < -0.39 is 65.7 Å². The Balaban J connectivity index is 2.13. The number of hydrogen-bond donors (Lipinski definition) is 4. The van der Waals surface area contributed by atoms with Crippen LogP contribution < -0.4 is 0 Å². The lowest BCUT2D eigenvalue weighted by Gasteiger charge is -2.45. The molecule has 2 rings (SSSR count). The Bertz CT molecular complexity index is 717. The van der Waals surface area contributed by atoms with Gasteiger partial charge in [0.05, 0.1) is 19.5 Å². The highest BCUT2D eigenvalue weighted by Crippen LogP contribution is 2.38. The second-order valence-electron chi connectivity index (χ2n) is 12.8. The molecule has 11 heteroatoms. The van der Waals surface area contributed by atoms with E-state index in [9.17, 15) is 20.4 Å². The maximum atomic E-state index is 10.6. The van der Waals surface area contributed by atoms with Gasteiger partial charge in [-0.05, 0) is 42.3 Å². The van der Waals surface area contributed by atoms with Crippen LogP contribution in [0.4, 0.5) is 0 Å². The van der Waals surface area contributed by atoms with Gasteiger partial charge in [0, 0.05) is 0 Å². The predicted molar refractivity (Wildman–Crippen MR) is 138 cm³/mol. The minimum atomic E-state index is -2.15. The predicted octanol–water partition coefficient (Wildman–Crippen LogP) is 2.50. The van der Waals surface area contributed by atoms with E-state index in [0.29, 0.717) is 0 Å². The summed E-state index contributed by atoms with van der Waals surface area (Å²) in [5.74, 6) is 0. The first-order chi connectivity index (χ1) is 15.8. The number of rotatable bonds is 8. The molecule has 8 unspecified atom stereocenters. The van der Waals surface area contributed by atoms with Gasteiger partial charge in [0.2, 0.25) is 0 Å². The summed E-state index contributed by atoms with van der Waals surface area (Å²) in [6.07, 6.45) is -6.30. The third-order valence-corrected chi connectivity index (χ3v) is 17.0. The molecule has 2 heterocycles. The first-order valence-corrected chi connectivity index (χ1v) is 18.2. The SMILES string of the molecule is CC(C)(C)[Si](C)(C)OCC1OC(OC2C(O)C=COC2CO[Si](C)(C)C(C)(C)C)C(O)C(O)C1O. The standard InChI is InChI=1S/C24H48O9Si2/c1-23(2,3)34(7,8)30-13-16-18(26)19(27)20(28)22(32-16)33-21-15(25)11-12-29-17(21)14-31-35(9,10)24(4,5)6/h11-12,15-22,25-28H,13-14H2,1-10H3. The monoisotopic (exact) mass is 536 g/mol. The van der Waals surface area contributed by atoms with Crippen LogP contribution in [0.15, 0.2) is 12.3 Å². The average Bonchev–Trinajstić information content (AvgIpc) is 2.71. The second kappa shape index (κ2) is 11.2. The van der Waals surface area contributed by atoms with Crippen molar-refractivity contribution < 1.29 is 43.5 Å². The maximum Gasteiger partial charge on any atom is 0.192 e. The summed E-state index contributed by atoms with van der Waals surface area (Å²) in [5, 5.41) is 42.2. The zero-order chi connectivity index (χ0) is 27.0. The third kappa shape index (κ3) is 7.37. The van der Waals surface area contributed by atoms with Gasteiger partial charge in [-0.1, -0.05) is 41.5 Å². The Kier molecular flexibility index (Phi) is 9.86. The van der Waals surface area contributed by atoms with Crippen molar-refractivity contribution in [2.75, 3.05) is 13.2 Å². The summed E-state index contributed by atoms with van der Waals surface area (Å²) < 4.78 is 30.0. The zero-order valence-corrected chi connectivity index (χ0v) is 25.0. The van der Waals surface area contributed by atoms with E-state index in [-0.39, 0.29) is 23.3 Å². The van der Waals surface area contributed by atoms with Crippen molar-refractivity contribution in [3.63, 3.8) is 0 Å². The Morgan fingerprint density at radius 2 is 1.23 bits per heavy atom. The molecule has 4 N–H and O–H groups in total. The molecule has 0 aliphatic carbocycles. The van der Waals surface area contributed by atoms with Gasteiger partial charge < -0.3 is 43.5 Å². The Morgan fingerprint density at radius 1 is 0.743 bits per heavy atom. The van der Waals surface area contributed by atoms with E-state index in [1.165, 1.54) is 12.3 Å². The van der Waals surface area contributed by atoms with E-state index in [4.69, 9.17) is 23.1 Å². The van der Waals surface area contributed by atoms with Crippen LogP contribution >= 0.6 is 0 Å².